The van der Waals surface area contributed by atoms with Gasteiger partial charge in [0.2, 0.25) is 5.91 Å². The summed E-state index contributed by atoms with van der Waals surface area (Å²) in [6, 6.07) is 11.7. The third-order valence-corrected chi connectivity index (χ3v) is 5.09. The van der Waals surface area contributed by atoms with Crippen LogP contribution in [0.15, 0.2) is 53.9 Å². The standard InChI is InChI=1S/C18H20N4OS/c1-12(2)16(17(23)20-11-13-6-5-9-19-10-13)24-18-21-14-7-3-4-8-15(14)22-18/h3-10,12,16H,11H2,1-2H3,(H,20,23)(H,21,22)/t16-/m1/s1. The molecule has 0 saturated heterocycles. The number of hydrogen-bond donors (Lipinski definition) is 2. The van der Waals surface area contributed by atoms with Crippen LogP contribution < -0.4 is 5.32 Å². The fourth-order valence-electron chi connectivity index (χ4n) is 2.39. The Hall–Kier alpha value is -2.34. The molecule has 0 aliphatic carbocycles. The summed E-state index contributed by atoms with van der Waals surface area (Å²) in [7, 11) is 0. The number of carbonyl (C=O) groups is 1. The molecule has 0 saturated carbocycles. The molecule has 3 aromatic rings. The van der Waals surface area contributed by atoms with Gasteiger partial charge in [0.05, 0.1) is 16.3 Å². The number of benzene rings is 1. The number of nitrogens with zero attached hydrogens (tertiary/aromatic N) is 2. The number of carbonyl (C=O) groups excluding carboxylic acids is 1. The van der Waals surface area contributed by atoms with E-state index in [-0.39, 0.29) is 17.1 Å². The highest BCUT2D eigenvalue weighted by Gasteiger charge is 2.24. The predicted octanol–water partition coefficient (Wildman–Crippen LogP) is 3.39. The van der Waals surface area contributed by atoms with Crippen LogP contribution in [-0.2, 0) is 11.3 Å². The van der Waals surface area contributed by atoms with E-state index < -0.39 is 0 Å². The van der Waals surface area contributed by atoms with E-state index in [1.165, 1.54) is 11.8 Å². The fraction of sp³-hybridized carbons (Fsp3) is 0.278. The molecule has 1 atom stereocenters. The lowest BCUT2D eigenvalue weighted by atomic mass is 10.1. The maximum absolute atomic E-state index is 12.6. The number of aromatic amines is 1. The van der Waals surface area contributed by atoms with Crippen LogP contribution in [0.2, 0.25) is 0 Å². The van der Waals surface area contributed by atoms with Crippen LogP contribution in [0.3, 0.4) is 0 Å². The SMILES string of the molecule is CC(C)[C@@H](Sc1nc2ccccc2[nH]1)C(=O)NCc1cccnc1. The van der Waals surface area contributed by atoms with Crippen LogP contribution >= 0.6 is 11.8 Å². The van der Waals surface area contributed by atoms with E-state index >= 15 is 0 Å². The first-order chi connectivity index (χ1) is 11.6. The number of nitrogens with one attached hydrogen (secondary N) is 2. The lowest BCUT2D eigenvalue weighted by Gasteiger charge is -2.18. The third-order valence-electron chi connectivity index (χ3n) is 3.66. The zero-order valence-corrected chi connectivity index (χ0v) is 14.5. The number of pyridine rings is 1. The van der Waals surface area contributed by atoms with Gasteiger partial charge in [-0.15, -0.1) is 0 Å². The number of H-pyrrole nitrogens is 1. The minimum absolute atomic E-state index is 0.0132. The number of fused-ring (bicyclic) bond motifs is 1. The van der Waals surface area contributed by atoms with E-state index in [2.05, 4.69) is 20.3 Å². The van der Waals surface area contributed by atoms with E-state index in [0.29, 0.717) is 6.54 Å². The Balaban J connectivity index is 1.68. The van der Waals surface area contributed by atoms with Gasteiger partial charge in [-0.2, -0.15) is 0 Å². The lowest BCUT2D eigenvalue weighted by molar-refractivity contribution is -0.121. The van der Waals surface area contributed by atoms with E-state index in [1.807, 2.05) is 50.2 Å². The highest BCUT2D eigenvalue weighted by Crippen LogP contribution is 2.28. The molecular weight excluding hydrogens is 320 g/mol. The quantitative estimate of drug-likeness (QED) is 0.675. The van der Waals surface area contributed by atoms with Gasteiger partial charge in [-0.25, -0.2) is 4.98 Å². The first-order valence-electron chi connectivity index (χ1n) is 7.91. The van der Waals surface area contributed by atoms with Crippen molar-refractivity contribution in [2.24, 2.45) is 5.92 Å². The topological polar surface area (TPSA) is 70.7 Å². The number of thioether (sulfide) groups is 1. The first kappa shape index (κ1) is 16.5. The van der Waals surface area contributed by atoms with Crippen molar-refractivity contribution in [2.45, 2.75) is 30.8 Å². The molecule has 2 aromatic heterocycles. The molecule has 0 aliphatic rings. The molecule has 5 nitrogen and oxygen atoms in total. The molecule has 0 aliphatic heterocycles. The second-order valence-electron chi connectivity index (χ2n) is 5.92. The molecule has 2 heterocycles. The molecule has 1 amide bonds. The molecule has 6 heteroatoms. The van der Waals surface area contributed by atoms with Crippen molar-refractivity contribution in [3.8, 4) is 0 Å². The van der Waals surface area contributed by atoms with Crippen LogP contribution in [0, 0.1) is 5.92 Å². The van der Waals surface area contributed by atoms with Gasteiger partial charge in [-0.05, 0) is 29.7 Å². The van der Waals surface area contributed by atoms with Gasteiger partial charge in [0.15, 0.2) is 5.16 Å². The van der Waals surface area contributed by atoms with E-state index in [1.54, 1.807) is 12.4 Å². The summed E-state index contributed by atoms with van der Waals surface area (Å²) in [5, 5.41) is 3.56. The summed E-state index contributed by atoms with van der Waals surface area (Å²) in [6.45, 7) is 4.57. The molecule has 0 fully saturated rings. The second kappa shape index (κ2) is 7.49. The summed E-state index contributed by atoms with van der Waals surface area (Å²) in [5.74, 6) is 0.205. The minimum atomic E-state index is -0.206. The average molecular weight is 340 g/mol. The molecule has 124 valence electrons. The average Bonchev–Trinajstić information content (AvgIpc) is 3.01. The Morgan fingerprint density at radius 2 is 2.08 bits per heavy atom. The van der Waals surface area contributed by atoms with Gasteiger partial charge in [0, 0.05) is 18.9 Å². The Labute approximate surface area is 145 Å². The second-order valence-corrected chi connectivity index (χ2v) is 7.05. The molecule has 0 unspecified atom stereocenters. The highest BCUT2D eigenvalue weighted by molar-refractivity contribution is 8.00. The smallest absolute Gasteiger partial charge is 0.234 e. The molecular formula is C18H20N4OS. The Morgan fingerprint density at radius 3 is 2.79 bits per heavy atom. The van der Waals surface area contributed by atoms with Crippen LogP contribution in [-0.4, -0.2) is 26.1 Å². The number of rotatable bonds is 6. The summed E-state index contributed by atoms with van der Waals surface area (Å²) in [5.41, 5.74) is 2.89. The number of imidazole rings is 1. The largest absolute Gasteiger partial charge is 0.351 e. The monoisotopic (exact) mass is 340 g/mol. The van der Waals surface area contributed by atoms with Crippen LogP contribution in [0.4, 0.5) is 0 Å². The van der Waals surface area contributed by atoms with Gasteiger partial charge >= 0.3 is 0 Å². The highest BCUT2D eigenvalue weighted by atomic mass is 32.2. The Kier molecular flexibility index (Phi) is 5.15. The van der Waals surface area contributed by atoms with Crippen LogP contribution in [0.25, 0.3) is 11.0 Å². The molecule has 0 bridgehead atoms. The van der Waals surface area contributed by atoms with Crippen molar-refractivity contribution in [1.29, 1.82) is 0 Å². The molecule has 3 rings (SSSR count). The number of para-hydroxylation sites is 2. The molecule has 0 spiro atoms. The first-order valence-corrected chi connectivity index (χ1v) is 8.79. The Morgan fingerprint density at radius 1 is 1.25 bits per heavy atom. The van der Waals surface area contributed by atoms with Crippen molar-refractivity contribution in [3.05, 3.63) is 54.4 Å². The van der Waals surface area contributed by atoms with Gasteiger partial charge in [-0.1, -0.05) is 43.8 Å². The van der Waals surface area contributed by atoms with E-state index in [4.69, 9.17) is 0 Å². The molecule has 2 N–H and O–H groups in total. The van der Waals surface area contributed by atoms with Crippen molar-refractivity contribution in [1.82, 2.24) is 20.3 Å². The van der Waals surface area contributed by atoms with Crippen molar-refractivity contribution in [2.75, 3.05) is 0 Å². The van der Waals surface area contributed by atoms with Gasteiger partial charge in [-0.3, -0.25) is 9.78 Å². The molecule has 24 heavy (non-hydrogen) atoms. The van der Waals surface area contributed by atoms with Crippen molar-refractivity contribution in [3.63, 3.8) is 0 Å². The lowest BCUT2D eigenvalue weighted by Crippen LogP contribution is -2.35. The fourth-order valence-corrected chi connectivity index (χ4v) is 3.41. The summed E-state index contributed by atoms with van der Waals surface area (Å²) in [4.78, 5) is 24.5. The molecule has 0 radical (unpaired) electrons. The zero-order valence-electron chi connectivity index (χ0n) is 13.7. The van der Waals surface area contributed by atoms with Crippen molar-refractivity contribution >= 4 is 28.7 Å². The van der Waals surface area contributed by atoms with Gasteiger partial charge in [0.25, 0.3) is 0 Å². The number of amides is 1. The normalized spacial score (nSPS) is 12.5. The predicted molar refractivity (Wildman–Crippen MR) is 96.7 cm³/mol. The minimum Gasteiger partial charge on any atom is -0.351 e. The summed E-state index contributed by atoms with van der Waals surface area (Å²) in [6.07, 6.45) is 3.48. The van der Waals surface area contributed by atoms with Gasteiger partial charge in [0.1, 0.15) is 0 Å². The van der Waals surface area contributed by atoms with Crippen LogP contribution in [0.5, 0.6) is 0 Å². The maximum Gasteiger partial charge on any atom is 0.234 e. The number of hydrogen-bond acceptors (Lipinski definition) is 4. The van der Waals surface area contributed by atoms with Crippen LogP contribution in [0.1, 0.15) is 19.4 Å². The van der Waals surface area contributed by atoms with E-state index in [9.17, 15) is 4.79 Å². The van der Waals surface area contributed by atoms with E-state index in [0.717, 1.165) is 21.8 Å². The maximum atomic E-state index is 12.6. The van der Waals surface area contributed by atoms with Crippen molar-refractivity contribution < 1.29 is 4.79 Å². The number of aromatic nitrogens is 3. The summed E-state index contributed by atoms with van der Waals surface area (Å²) >= 11 is 1.47. The Bertz CT molecular complexity index is 783. The molecule has 1 aromatic carbocycles. The van der Waals surface area contributed by atoms with Gasteiger partial charge < -0.3 is 10.3 Å². The zero-order chi connectivity index (χ0) is 16.9. The summed E-state index contributed by atoms with van der Waals surface area (Å²) < 4.78 is 0. The third kappa shape index (κ3) is 3.94.